The van der Waals surface area contributed by atoms with Crippen molar-refractivity contribution in [1.29, 1.82) is 0 Å². The Balaban J connectivity index is 2.58. The van der Waals surface area contributed by atoms with Gasteiger partial charge in [0.1, 0.15) is 18.3 Å². The number of ether oxygens (including phenoxy) is 1. The average Bonchev–Trinajstić information content (AvgIpc) is 2.00. The third-order valence-electron chi connectivity index (χ3n) is 2.20. The molecule has 0 bridgehead atoms. The van der Waals surface area contributed by atoms with Crippen molar-refractivity contribution in [3.8, 4) is 0 Å². The zero-order chi connectivity index (χ0) is 9.30. The topological polar surface area (TPSA) is 69.9 Å². The third kappa shape index (κ3) is 1.77. The highest BCUT2D eigenvalue weighted by molar-refractivity contribution is 4.87. The third-order valence-corrected chi connectivity index (χ3v) is 2.20. The van der Waals surface area contributed by atoms with Crippen LogP contribution in [-0.2, 0) is 4.74 Å². The van der Waals surface area contributed by atoms with Crippen LogP contribution in [0.5, 0.6) is 0 Å². The van der Waals surface area contributed by atoms with Crippen LogP contribution in [0.4, 0.5) is 0 Å². The van der Waals surface area contributed by atoms with E-state index in [0.717, 1.165) is 0 Å². The molecule has 1 saturated heterocycles. The molecule has 1 aliphatic heterocycles. The van der Waals surface area contributed by atoms with E-state index in [2.05, 4.69) is 0 Å². The first kappa shape index (κ1) is 9.92. The Hall–Kier alpha value is -0.160. The molecule has 0 amide bonds. The monoisotopic (exact) mass is 176 g/mol. The number of rotatable bonds is 1. The molecule has 1 heterocycles. The summed E-state index contributed by atoms with van der Waals surface area (Å²) >= 11 is 0. The second kappa shape index (κ2) is 3.70. The van der Waals surface area contributed by atoms with Crippen LogP contribution in [0.25, 0.3) is 0 Å². The first-order valence-corrected chi connectivity index (χ1v) is 4.20. The van der Waals surface area contributed by atoms with Gasteiger partial charge < -0.3 is 20.1 Å². The summed E-state index contributed by atoms with van der Waals surface area (Å²) in [4.78, 5) is 0. The van der Waals surface area contributed by atoms with Gasteiger partial charge >= 0.3 is 0 Å². The van der Waals surface area contributed by atoms with Gasteiger partial charge in [-0.15, -0.1) is 0 Å². The van der Waals surface area contributed by atoms with Gasteiger partial charge in [-0.3, -0.25) is 0 Å². The van der Waals surface area contributed by atoms with Gasteiger partial charge in [0.05, 0.1) is 12.7 Å². The Labute approximate surface area is 71.8 Å². The van der Waals surface area contributed by atoms with Gasteiger partial charge in [-0.25, -0.2) is 0 Å². The van der Waals surface area contributed by atoms with Gasteiger partial charge in [0, 0.05) is 0 Å². The lowest BCUT2D eigenvalue weighted by atomic mass is 9.93. The van der Waals surface area contributed by atoms with Crippen molar-refractivity contribution < 1.29 is 20.1 Å². The van der Waals surface area contributed by atoms with E-state index in [1.165, 1.54) is 0 Å². The SMILES string of the molecule is CC(C)[C@@H]1OC[C@H](O)[C@H](O)C1O. The summed E-state index contributed by atoms with van der Waals surface area (Å²) in [7, 11) is 0. The molecule has 1 fully saturated rings. The Morgan fingerprint density at radius 3 is 2.25 bits per heavy atom. The van der Waals surface area contributed by atoms with Crippen molar-refractivity contribution >= 4 is 0 Å². The molecule has 1 unspecified atom stereocenters. The fraction of sp³-hybridized carbons (Fsp3) is 1.00. The summed E-state index contributed by atoms with van der Waals surface area (Å²) in [5.74, 6) is 0.141. The standard InChI is InChI=1S/C8H16O4/c1-4(2)8-7(11)6(10)5(9)3-12-8/h4-11H,3H2,1-2H3/t5-,6-,7?,8-/m0/s1. The molecule has 72 valence electrons. The second-order valence-corrected chi connectivity index (χ2v) is 3.59. The molecule has 0 aromatic heterocycles. The lowest BCUT2D eigenvalue weighted by molar-refractivity contribution is -0.197. The molecule has 12 heavy (non-hydrogen) atoms. The number of aliphatic hydroxyl groups is 3. The normalized spacial score (nSPS) is 43.5. The zero-order valence-electron chi connectivity index (χ0n) is 7.34. The Bertz CT molecular complexity index is 148. The second-order valence-electron chi connectivity index (χ2n) is 3.59. The highest BCUT2D eigenvalue weighted by Gasteiger charge is 2.38. The molecule has 0 aromatic rings. The predicted octanol–water partition coefficient (Wildman–Crippen LogP) is -0.876. The summed E-state index contributed by atoms with van der Waals surface area (Å²) in [6.07, 6.45) is -3.39. The van der Waals surface area contributed by atoms with Crippen molar-refractivity contribution in [1.82, 2.24) is 0 Å². The van der Waals surface area contributed by atoms with Crippen LogP contribution >= 0.6 is 0 Å². The zero-order valence-corrected chi connectivity index (χ0v) is 7.34. The van der Waals surface area contributed by atoms with Crippen molar-refractivity contribution in [2.75, 3.05) is 6.61 Å². The molecule has 4 heteroatoms. The van der Waals surface area contributed by atoms with E-state index >= 15 is 0 Å². The first-order valence-electron chi connectivity index (χ1n) is 4.20. The molecule has 1 rings (SSSR count). The smallest absolute Gasteiger partial charge is 0.111 e. The van der Waals surface area contributed by atoms with Crippen LogP contribution < -0.4 is 0 Å². The van der Waals surface area contributed by atoms with Crippen LogP contribution in [0.1, 0.15) is 13.8 Å². The molecular formula is C8H16O4. The number of hydrogen-bond donors (Lipinski definition) is 3. The maximum Gasteiger partial charge on any atom is 0.111 e. The molecular weight excluding hydrogens is 160 g/mol. The van der Waals surface area contributed by atoms with Crippen LogP contribution in [0.15, 0.2) is 0 Å². The maximum atomic E-state index is 9.44. The highest BCUT2D eigenvalue weighted by atomic mass is 16.5. The molecule has 4 nitrogen and oxygen atoms in total. The minimum absolute atomic E-state index is 0.0983. The highest BCUT2D eigenvalue weighted by Crippen LogP contribution is 2.20. The molecule has 3 N–H and O–H groups in total. The van der Waals surface area contributed by atoms with Crippen molar-refractivity contribution in [3.05, 3.63) is 0 Å². The van der Waals surface area contributed by atoms with Gasteiger partial charge in [0.15, 0.2) is 0 Å². The van der Waals surface area contributed by atoms with E-state index in [1.807, 2.05) is 13.8 Å². The Kier molecular flexibility index (Phi) is 3.06. The predicted molar refractivity (Wildman–Crippen MR) is 42.6 cm³/mol. The molecule has 0 radical (unpaired) electrons. The summed E-state index contributed by atoms with van der Waals surface area (Å²) in [6, 6.07) is 0. The minimum atomic E-state index is -1.08. The van der Waals surface area contributed by atoms with E-state index in [9.17, 15) is 10.2 Å². The molecule has 0 saturated carbocycles. The number of aliphatic hydroxyl groups excluding tert-OH is 3. The van der Waals surface area contributed by atoms with E-state index < -0.39 is 18.3 Å². The van der Waals surface area contributed by atoms with Crippen LogP contribution in [0.3, 0.4) is 0 Å². The van der Waals surface area contributed by atoms with Gasteiger partial charge in [0.2, 0.25) is 0 Å². The van der Waals surface area contributed by atoms with Crippen LogP contribution in [-0.4, -0.2) is 46.3 Å². The fourth-order valence-corrected chi connectivity index (χ4v) is 1.42. The van der Waals surface area contributed by atoms with Crippen LogP contribution in [0.2, 0.25) is 0 Å². The van der Waals surface area contributed by atoms with E-state index in [0.29, 0.717) is 0 Å². The van der Waals surface area contributed by atoms with Gasteiger partial charge in [-0.05, 0) is 5.92 Å². The van der Waals surface area contributed by atoms with Gasteiger partial charge in [-0.2, -0.15) is 0 Å². The molecule has 0 aromatic carbocycles. The lowest BCUT2D eigenvalue weighted by Gasteiger charge is -2.37. The van der Waals surface area contributed by atoms with Gasteiger partial charge in [0.25, 0.3) is 0 Å². The fourth-order valence-electron chi connectivity index (χ4n) is 1.42. The lowest BCUT2D eigenvalue weighted by Crippen LogP contribution is -2.54. The molecule has 0 aliphatic carbocycles. The number of hydrogen-bond acceptors (Lipinski definition) is 4. The Morgan fingerprint density at radius 1 is 1.17 bits per heavy atom. The summed E-state index contributed by atoms with van der Waals surface area (Å²) in [5.41, 5.74) is 0. The van der Waals surface area contributed by atoms with Gasteiger partial charge in [-0.1, -0.05) is 13.8 Å². The molecule has 1 aliphatic rings. The van der Waals surface area contributed by atoms with E-state index in [-0.39, 0.29) is 18.6 Å². The maximum absolute atomic E-state index is 9.44. The quantitative estimate of drug-likeness (QED) is 0.485. The van der Waals surface area contributed by atoms with E-state index in [4.69, 9.17) is 9.84 Å². The largest absolute Gasteiger partial charge is 0.388 e. The summed E-state index contributed by atoms with van der Waals surface area (Å²) in [6.45, 7) is 3.90. The van der Waals surface area contributed by atoms with Crippen molar-refractivity contribution in [2.45, 2.75) is 38.3 Å². The van der Waals surface area contributed by atoms with Crippen molar-refractivity contribution in [3.63, 3.8) is 0 Å². The average molecular weight is 176 g/mol. The van der Waals surface area contributed by atoms with Crippen LogP contribution in [0, 0.1) is 5.92 Å². The Morgan fingerprint density at radius 2 is 1.75 bits per heavy atom. The van der Waals surface area contributed by atoms with E-state index in [1.54, 1.807) is 0 Å². The summed E-state index contributed by atoms with van der Waals surface area (Å²) < 4.78 is 5.17. The minimum Gasteiger partial charge on any atom is -0.388 e. The molecule has 4 atom stereocenters. The molecule has 0 spiro atoms. The van der Waals surface area contributed by atoms with Crippen molar-refractivity contribution in [2.24, 2.45) is 5.92 Å². The first-order chi connectivity index (χ1) is 5.54. The summed E-state index contributed by atoms with van der Waals surface area (Å²) in [5, 5.41) is 27.8.